The minimum absolute atomic E-state index is 0.193. The molecule has 1 saturated heterocycles. The van der Waals surface area contributed by atoms with Crippen LogP contribution in [0.25, 0.3) is 0 Å². The number of nitrogens with one attached hydrogen (secondary N) is 1. The van der Waals surface area contributed by atoms with Crippen LogP contribution in [-0.4, -0.2) is 45.8 Å². The van der Waals surface area contributed by atoms with Crippen molar-refractivity contribution in [1.82, 2.24) is 25.1 Å². The fraction of sp³-hybridized carbons (Fsp3) is 0.368. The van der Waals surface area contributed by atoms with Gasteiger partial charge in [-0.2, -0.15) is 0 Å². The summed E-state index contributed by atoms with van der Waals surface area (Å²) in [5.74, 6) is 2.35. The summed E-state index contributed by atoms with van der Waals surface area (Å²) in [5, 5.41) is 11.7. The van der Waals surface area contributed by atoms with Crippen molar-refractivity contribution in [3.05, 3.63) is 47.4 Å². The Balaban J connectivity index is 1.56. The zero-order chi connectivity index (χ0) is 19.3. The summed E-state index contributed by atoms with van der Waals surface area (Å²) in [7, 11) is 3.38. The molecule has 0 aliphatic carbocycles. The van der Waals surface area contributed by atoms with Crippen LogP contribution in [0.5, 0.6) is 11.5 Å². The smallest absolute Gasteiger partial charge is 0.211 e. The molecule has 28 heavy (non-hydrogen) atoms. The molecule has 9 heteroatoms. The third-order valence-electron chi connectivity index (χ3n) is 4.84. The van der Waals surface area contributed by atoms with E-state index in [0.29, 0.717) is 10.9 Å². The Labute approximate surface area is 167 Å². The standard InChI is InChI=1S/C19H22N6O2S/c1-26-16-6-3-7-17(27-2)13(16)11-25-8-4-5-15(25)14-9-20-10-18(22-14)23-19-24-21-12-28-19/h3,6-7,9-10,12,15H,4-5,8,11H2,1-2H3,(H,22,23,24). The molecule has 1 aromatic carbocycles. The molecule has 8 nitrogen and oxygen atoms in total. The molecule has 0 bridgehead atoms. The number of hydrogen-bond donors (Lipinski definition) is 1. The lowest BCUT2D eigenvalue weighted by Gasteiger charge is -2.25. The number of nitrogens with zero attached hydrogens (tertiary/aromatic N) is 5. The van der Waals surface area contributed by atoms with E-state index in [9.17, 15) is 0 Å². The number of anilines is 2. The van der Waals surface area contributed by atoms with Crippen molar-refractivity contribution in [1.29, 1.82) is 0 Å². The summed E-state index contributed by atoms with van der Waals surface area (Å²) >= 11 is 1.43. The maximum absolute atomic E-state index is 5.56. The Morgan fingerprint density at radius 2 is 2.04 bits per heavy atom. The van der Waals surface area contributed by atoms with Crippen molar-refractivity contribution >= 4 is 22.3 Å². The average Bonchev–Trinajstić information content (AvgIpc) is 3.40. The third-order valence-corrected chi connectivity index (χ3v) is 5.45. The van der Waals surface area contributed by atoms with Crippen molar-refractivity contribution in [3.63, 3.8) is 0 Å². The lowest BCUT2D eigenvalue weighted by molar-refractivity contribution is 0.236. The molecule has 1 aliphatic rings. The predicted octanol–water partition coefficient (Wildman–Crippen LogP) is 3.43. The highest BCUT2D eigenvalue weighted by molar-refractivity contribution is 7.13. The molecule has 0 radical (unpaired) electrons. The third kappa shape index (κ3) is 3.90. The Hall–Kier alpha value is -2.78. The van der Waals surface area contributed by atoms with E-state index in [4.69, 9.17) is 14.5 Å². The van der Waals surface area contributed by atoms with Gasteiger partial charge in [-0.1, -0.05) is 17.4 Å². The highest BCUT2D eigenvalue weighted by Crippen LogP contribution is 2.36. The molecule has 0 spiro atoms. The Morgan fingerprint density at radius 1 is 1.21 bits per heavy atom. The van der Waals surface area contributed by atoms with Gasteiger partial charge in [-0.25, -0.2) is 4.98 Å². The SMILES string of the molecule is COc1cccc(OC)c1CN1CCCC1c1cncc(Nc2nncs2)n1. The van der Waals surface area contributed by atoms with Crippen LogP contribution in [0, 0.1) is 0 Å². The van der Waals surface area contributed by atoms with Gasteiger partial charge in [0.25, 0.3) is 0 Å². The number of likely N-dealkylation sites (tertiary alicyclic amines) is 1. The van der Waals surface area contributed by atoms with E-state index in [1.165, 1.54) is 11.3 Å². The fourth-order valence-corrected chi connectivity index (χ4v) is 4.03. The van der Waals surface area contributed by atoms with Gasteiger partial charge in [0.05, 0.1) is 43.9 Å². The minimum Gasteiger partial charge on any atom is -0.496 e. The molecule has 4 rings (SSSR count). The maximum atomic E-state index is 5.56. The average molecular weight is 398 g/mol. The second-order valence-corrected chi connectivity index (χ2v) is 7.30. The monoisotopic (exact) mass is 398 g/mol. The summed E-state index contributed by atoms with van der Waals surface area (Å²) in [6, 6.07) is 6.07. The first-order valence-electron chi connectivity index (χ1n) is 9.07. The van der Waals surface area contributed by atoms with E-state index in [2.05, 4.69) is 25.4 Å². The number of hydrogen-bond acceptors (Lipinski definition) is 9. The van der Waals surface area contributed by atoms with Crippen molar-refractivity contribution in [2.45, 2.75) is 25.4 Å². The van der Waals surface area contributed by atoms with Crippen LogP contribution in [0.3, 0.4) is 0 Å². The lowest BCUT2D eigenvalue weighted by atomic mass is 10.1. The van der Waals surface area contributed by atoms with Gasteiger partial charge in [-0.15, -0.1) is 10.2 Å². The topological polar surface area (TPSA) is 85.3 Å². The molecule has 146 valence electrons. The van der Waals surface area contributed by atoms with Gasteiger partial charge in [-0.3, -0.25) is 9.88 Å². The van der Waals surface area contributed by atoms with Gasteiger partial charge in [0, 0.05) is 6.54 Å². The van der Waals surface area contributed by atoms with Gasteiger partial charge in [0.15, 0.2) is 5.82 Å². The molecular weight excluding hydrogens is 376 g/mol. The molecule has 1 N–H and O–H groups in total. The van der Waals surface area contributed by atoms with Crippen molar-refractivity contribution in [2.75, 3.05) is 26.1 Å². The molecule has 1 fully saturated rings. The minimum atomic E-state index is 0.193. The van der Waals surface area contributed by atoms with Gasteiger partial charge in [0.1, 0.15) is 17.0 Å². The van der Waals surface area contributed by atoms with Gasteiger partial charge < -0.3 is 14.8 Å². The van der Waals surface area contributed by atoms with Crippen LogP contribution >= 0.6 is 11.3 Å². The summed E-state index contributed by atoms with van der Waals surface area (Å²) in [5.41, 5.74) is 3.68. The molecule has 0 saturated carbocycles. The summed E-state index contributed by atoms with van der Waals surface area (Å²) in [6.07, 6.45) is 5.69. The second-order valence-electron chi connectivity index (χ2n) is 6.47. The normalized spacial score (nSPS) is 16.9. The molecular formula is C19H22N6O2S. The maximum Gasteiger partial charge on any atom is 0.211 e. The van der Waals surface area contributed by atoms with Crippen LogP contribution < -0.4 is 14.8 Å². The first kappa shape index (κ1) is 18.6. The van der Waals surface area contributed by atoms with Crippen molar-refractivity contribution in [3.8, 4) is 11.5 Å². The first-order chi connectivity index (χ1) is 13.8. The highest BCUT2D eigenvalue weighted by Gasteiger charge is 2.29. The van der Waals surface area contributed by atoms with Crippen LogP contribution in [0.4, 0.5) is 10.9 Å². The van der Waals surface area contributed by atoms with E-state index in [-0.39, 0.29) is 6.04 Å². The van der Waals surface area contributed by atoms with Crippen LogP contribution in [0.15, 0.2) is 36.1 Å². The molecule has 1 atom stereocenters. The van der Waals surface area contributed by atoms with Crippen LogP contribution in [0.2, 0.25) is 0 Å². The second kappa shape index (κ2) is 8.49. The number of aromatic nitrogens is 4. The number of rotatable bonds is 7. The molecule has 3 heterocycles. The highest BCUT2D eigenvalue weighted by atomic mass is 32.1. The van der Waals surface area contributed by atoms with Crippen LogP contribution in [0.1, 0.15) is 30.1 Å². The Morgan fingerprint density at radius 3 is 2.75 bits per heavy atom. The van der Waals surface area contributed by atoms with E-state index >= 15 is 0 Å². The molecule has 1 aliphatic heterocycles. The number of ether oxygens (including phenoxy) is 2. The zero-order valence-electron chi connectivity index (χ0n) is 15.8. The van der Waals surface area contributed by atoms with E-state index in [1.807, 2.05) is 24.4 Å². The fourth-order valence-electron chi connectivity index (χ4n) is 3.58. The van der Waals surface area contributed by atoms with Gasteiger partial charge in [0.2, 0.25) is 5.13 Å². The molecule has 0 amide bonds. The Bertz CT molecular complexity index is 898. The number of benzene rings is 1. The van der Waals surface area contributed by atoms with Crippen molar-refractivity contribution < 1.29 is 9.47 Å². The summed E-state index contributed by atoms with van der Waals surface area (Å²) in [6.45, 7) is 1.72. The van der Waals surface area contributed by atoms with Crippen LogP contribution in [-0.2, 0) is 6.54 Å². The van der Waals surface area contributed by atoms with Crippen molar-refractivity contribution in [2.24, 2.45) is 0 Å². The molecule has 2 aromatic heterocycles. The number of methoxy groups -OCH3 is 2. The Kier molecular flexibility index (Phi) is 5.63. The summed E-state index contributed by atoms with van der Waals surface area (Å²) in [4.78, 5) is 11.5. The summed E-state index contributed by atoms with van der Waals surface area (Å²) < 4.78 is 11.1. The first-order valence-corrected chi connectivity index (χ1v) is 9.95. The zero-order valence-corrected chi connectivity index (χ0v) is 16.6. The van der Waals surface area contributed by atoms with E-state index in [0.717, 1.165) is 48.7 Å². The predicted molar refractivity (Wildman–Crippen MR) is 107 cm³/mol. The van der Waals surface area contributed by atoms with E-state index in [1.54, 1.807) is 25.9 Å². The van der Waals surface area contributed by atoms with Gasteiger partial charge in [-0.05, 0) is 31.5 Å². The lowest BCUT2D eigenvalue weighted by Crippen LogP contribution is -2.24. The quantitative estimate of drug-likeness (QED) is 0.648. The largest absolute Gasteiger partial charge is 0.496 e. The van der Waals surface area contributed by atoms with E-state index < -0.39 is 0 Å². The molecule has 3 aromatic rings. The molecule has 1 unspecified atom stereocenters. The van der Waals surface area contributed by atoms with Gasteiger partial charge >= 0.3 is 0 Å².